The topological polar surface area (TPSA) is 107 Å². The monoisotopic (exact) mass is 440 g/mol. The number of hydrazine groups is 2. The Kier molecular flexibility index (Phi) is 6.82. The van der Waals surface area contributed by atoms with Crippen molar-refractivity contribution in [2.45, 2.75) is 19.9 Å². The summed E-state index contributed by atoms with van der Waals surface area (Å²) in [5.74, 6) is -0.503. The van der Waals surface area contributed by atoms with Crippen LogP contribution in [-0.2, 0) is 0 Å². The van der Waals surface area contributed by atoms with E-state index in [1.54, 1.807) is 43.4 Å². The third-order valence-electron chi connectivity index (χ3n) is 4.91. The number of pyridine rings is 2. The number of hydrogen-bond donors (Lipinski definition) is 2. The molecule has 1 aliphatic heterocycles. The largest absolute Gasteiger partial charge is 0.382 e. The molecule has 1 aromatic carbocycles. The summed E-state index contributed by atoms with van der Waals surface area (Å²) in [6, 6.07) is 9.37. The van der Waals surface area contributed by atoms with E-state index in [1.807, 2.05) is 13.8 Å². The van der Waals surface area contributed by atoms with Crippen LogP contribution < -0.4 is 11.1 Å². The van der Waals surface area contributed by atoms with Crippen molar-refractivity contribution in [1.29, 1.82) is 0 Å². The van der Waals surface area contributed by atoms with Gasteiger partial charge in [-0.1, -0.05) is 26.0 Å². The van der Waals surface area contributed by atoms with Crippen LogP contribution in [0.15, 0.2) is 42.6 Å². The Morgan fingerprint density at radius 3 is 2.62 bits per heavy atom. The Balaban J connectivity index is 0.00000141. The van der Waals surface area contributed by atoms with Gasteiger partial charge >= 0.3 is 0 Å². The van der Waals surface area contributed by atoms with Crippen LogP contribution in [0.1, 0.15) is 24.2 Å². The molecule has 0 radical (unpaired) electrons. The first kappa shape index (κ1) is 22.9. The number of carbonyl (C=O) groups excluding carboxylic acids is 1. The molecule has 0 bridgehead atoms. The highest BCUT2D eigenvalue weighted by atomic mass is 19.1. The quantitative estimate of drug-likeness (QED) is 0.464. The predicted octanol–water partition coefficient (Wildman–Crippen LogP) is 2.63. The van der Waals surface area contributed by atoms with Crippen LogP contribution in [0.25, 0.3) is 22.2 Å². The van der Waals surface area contributed by atoms with Gasteiger partial charge in [0, 0.05) is 17.1 Å². The predicted molar refractivity (Wildman–Crippen MR) is 121 cm³/mol. The average Bonchev–Trinajstić information content (AvgIpc) is 2.77. The molecule has 3 N–H and O–H groups in total. The number of aromatic nitrogens is 2. The third-order valence-corrected chi connectivity index (χ3v) is 4.91. The lowest BCUT2D eigenvalue weighted by Crippen LogP contribution is -2.63. The minimum atomic E-state index is -0.367. The maximum atomic E-state index is 13.6. The molecule has 0 atom stereocenters. The molecule has 1 fully saturated rings. The smallest absolute Gasteiger partial charge is 0.253 e. The third kappa shape index (κ3) is 4.58. The van der Waals surface area contributed by atoms with Gasteiger partial charge in [-0.2, -0.15) is 0 Å². The van der Waals surface area contributed by atoms with Crippen molar-refractivity contribution >= 4 is 22.6 Å². The van der Waals surface area contributed by atoms with E-state index in [0.717, 1.165) is 4.98 Å². The van der Waals surface area contributed by atoms with Crippen molar-refractivity contribution in [1.82, 2.24) is 25.3 Å². The van der Waals surface area contributed by atoms with Gasteiger partial charge < -0.3 is 11.1 Å². The summed E-state index contributed by atoms with van der Waals surface area (Å²) >= 11 is 0. The lowest BCUT2D eigenvalue weighted by molar-refractivity contribution is -0.832. The molecule has 2 aromatic heterocycles. The van der Waals surface area contributed by atoms with Crippen molar-refractivity contribution in [2.24, 2.45) is 0 Å². The molecule has 168 valence electrons. The average molecular weight is 441 g/mol. The molecule has 3 aromatic rings. The first-order valence-corrected chi connectivity index (χ1v) is 10.3. The maximum Gasteiger partial charge on any atom is 0.253 e. The molecule has 1 amide bonds. The van der Waals surface area contributed by atoms with Crippen LogP contribution in [0.3, 0.4) is 0 Å². The van der Waals surface area contributed by atoms with Gasteiger partial charge in [0.25, 0.3) is 10.9 Å². The lowest BCUT2D eigenvalue weighted by atomic mass is 10.1. The van der Waals surface area contributed by atoms with Crippen LogP contribution >= 0.6 is 0 Å². The normalized spacial score (nSPS) is 13.1. The Labute approximate surface area is 185 Å². The molecule has 4 rings (SSSR count). The maximum absolute atomic E-state index is 13.6. The molecule has 9 nitrogen and oxygen atoms in total. The van der Waals surface area contributed by atoms with Crippen LogP contribution in [0.4, 0.5) is 10.2 Å². The zero-order valence-electron chi connectivity index (χ0n) is 18.5. The van der Waals surface area contributed by atoms with E-state index in [2.05, 4.69) is 15.3 Å². The first-order chi connectivity index (χ1) is 15.3. The number of amides is 1. The van der Waals surface area contributed by atoms with Crippen LogP contribution in [0.5, 0.6) is 0 Å². The standard InChI is InChI=1S/C20H20FN7O2.C2H6/c1-26(2)28(30)27-10-14(11-27)24-20(29)16-9-23-19(22)18-15(16)6-7-17(25-18)12-4-3-5-13(21)8-12;1-2/h3-9,14H,10-11H2,1-2H3,(H2-,22,23,24,29);1-2H3/p+1. The summed E-state index contributed by atoms with van der Waals surface area (Å²) in [6.45, 7) is 4.82. The van der Waals surface area contributed by atoms with Gasteiger partial charge in [-0.15, -0.1) is 10.0 Å². The number of fused-ring (bicyclic) bond motifs is 1. The van der Waals surface area contributed by atoms with Gasteiger partial charge in [-0.05, 0) is 24.3 Å². The number of nitrogens with one attached hydrogen (secondary N) is 1. The molecule has 1 saturated heterocycles. The second-order valence-electron chi connectivity index (χ2n) is 7.30. The first-order valence-electron chi connectivity index (χ1n) is 10.3. The van der Waals surface area contributed by atoms with Crippen molar-refractivity contribution in [3.05, 3.63) is 58.9 Å². The summed E-state index contributed by atoms with van der Waals surface area (Å²) in [6.07, 6.45) is 1.41. The summed E-state index contributed by atoms with van der Waals surface area (Å²) in [4.78, 5) is 34.0. The van der Waals surface area contributed by atoms with E-state index >= 15 is 0 Å². The number of hydrogen-bond acceptors (Lipinski definition) is 5. The molecular weight excluding hydrogens is 413 g/mol. The minimum absolute atomic E-state index is 0.152. The molecule has 0 spiro atoms. The van der Waals surface area contributed by atoms with Crippen LogP contribution in [0, 0.1) is 10.7 Å². The van der Waals surface area contributed by atoms with Crippen molar-refractivity contribution < 1.29 is 14.2 Å². The molecule has 0 saturated carbocycles. The highest BCUT2D eigenvalue weighted by Crippen LogP contribution is 2.26. The molecule has 0 aliphatic carbocycles. The van der Waals surface area contributed by atoms with Gasteiger partial charge in [0.15, 0.2) is 0 Å². The SMILES string of the molecule is CC.CN(C)[N+](=O)N1CC(NC(=O)c2cnc(N)c3nc(-c4cccc(F)c4)ccc23)C1. The number of anilines is 1. The second kappa shape index (κ2) is 9.54. The summed E-state index contributed by atoms with van der Waals surface area (Å²) in [7, 11) is 3.30. The van der Waals surface area contributed by atoms with Crippen LogP contribution in [0.2, 0.25) is 0 Å². The van der Waals surface area contributed by atoms with Gasteiger partial charge in [0.2, 0.25) is 0 Å². The second-order valence-corrected chi connectivity index (χ2v) is 7.30. The number of carbonyl (C=O) groups is 1. The number of rotatable bonds is 5. The fraction of sp³-hybridized carbons (Fsp3) is 0.318. The fourth-order valence-electron chi connectivity index (χ4n) is 3.33. The van der Waals surface area contributed by atoms with E-state index < -0.39 is 0 Å². The van der Waals surface area contributed by atoms with Crippen LogP contribution in [-0.4, -0.2) is 64.1 Å². The molecule has 10 heteroatoms. The molecule has 3 heterocycles. The Bertz CT molecular complexity index is 1150. The Hall–Kier alpha value is -3.82. The van der Waals surface area contributed by atoms with Crippen molar-refractivity contribution in [2.75, 3.05) is 32.9 Å². The summed E-state index contributed by atoms with van der Waals surface area (Å²) in [5, 5.41) is 6.43. The number of nitrogens with zero attached hydrogens (tertiary/aromatic N) is 5. The molecular formula is C22H27FN7O2+. The summed E-state index contributed by atoms with van der Waals surface area (Å²) < 4.78 is 13.6. The lowest BCUT2D eigenvalue weighted by Gasteiger charge is -2.32. The highest BCUT2D eigenvalue weighted by molar-refractivity contribution is 6.08. The summed E-state index contributed by atoms with van der Waals surface area (Å²) in [5.41, 5.74) is 7.83. The van der Waals surface area contributed by atoms with Crippen molar-refractivity contribution in [3.63, 3.8) is 0 Å². The van der Waals surface area contributed by atoms with Crippen molar-refractivity contribution in [3.8, 4) is 11.3 Å². The van der Waals surface area contributed by atoms with Gasteiger partial charge in [-0.3, -0.25) is 4.79 Å². The number of halogens is 1. The number of benzene rings is 1. The van der Waals surface area contributed by atoms with Gasteiger partial charge in [-0.25, -0.2) is 14.4 Å². The van der Waals surface area contributed by atoms with E-state index in [1.165, 1.54) is 23.3 Å². The number of nitroso groups, excluding NO2 is 1. The zero-order valence-corrected chi connectivity index (χ0v) is 18.5. The van der Waals surface area contributed by atoms with E-state index in [-0.39, 0.29) is 23.6 Å². The molecule has 0 unspecified atom stereocenters. The van der Waals surface area contributed by atoms with E-state index in [0.29, 0.717) is 40.8 Å². The minimum Gasteiger partial charge on any atom is -0.382 e. The fourth-order valence-corrected chi connectivity index (χ4v) is 3.33. The van der Waals surface area contributed by atoms with Gasteiger partial charge in [0.1, 0.15) is 30.2 Å². The number of nitrogen functional groups attached to an aromatic ring is 1. The molecule has 1 aliphatic rings. The molecule has 32 heavy (non-hydrogen) atoms. The van der Waals surface area contributed by atoms with E-state index in [9.17, 15) is 14.1 Å². The number of nitrogens with two attached hydrogens (primary N) is 1. The van der Waals surface area contributed by atoms with E-state index in [4.69, 9.17) is 5.73 Å². The highest BCUT2D eigenvalue weighted by Gasteiger charge is 2.39. The van der Waals surface area contributed by atoms with Gasteiger partial charge in [0.05, 0.1) is 36.3 Å². The Morgan fingerprint density at radius 2 is 1.97 bits per heavy atom. The Morgan fingerprint density at radius 1 is 1.25 bits per heavy atom. The zero-order chi connectivity index (χ0) is 23.4.